The van der Waals surface area contributed by atoms with Crippen molar-refractivity contribution >= 4 is 11.6 Å². The Bertz CT molecular complexity index is 892. The number of morpholine rings is 1. The van der Waals surface area contributed by atoms with Gasteiger partial charge in [-0.15, -0.1) is 0 Å². The summed E-state index contributed by atoms with van der Waals surface area (Å²) in [6.07, 6.45) is 4.70. The van der Waals surface area contributed by atoms with E-state index in [4.69, 9.17) is 21.1 Å². The summed E-state index contributed by atoms with van der Waals surface area (Å²) in [4.78, 5) is 2.38. The number of nitrogens with one attached hydrogen (secondary N) is 1. The third-order valence-electron chi connectivity index (χ3n) is 4.75. The lowest BCUT2D eigenvalue weighted by Gasteiger charge is -2.31. The molecule has 0 bridgehead atoms. The number of aromatic nitrogens is 4. The quantitative estimate of drug-likeness (QED) is 0.659. The summed E-state index contributed by atoms with van der Waals surface area (Å²) in [5.41, 5.74) is 3.19. The van der Waals surface area contributed by atoms with Crippen LogP contribution in [0.3, 0.4) is 0 Å². The van der Waals surface area contributed by atoms with E-state index in [-0.39, 0.29) is 6.10 Å². The van der Waals surface area contributed by atoms with Crippen LogP contribution in [0.4, 0.5) is 0 Å². The van der Waals surface area contributed by atoms with Crippen LogP contribution in [0.2, 0.25) is 5.02 Å². The van der Waals surface area contributed by atoms with E-state index in [2.05, 4.69) is 32.5 Å². The maximum Gasteiger partial charge on any atom is 0.119 e. The van der Waals surface area contributed by atoms with Gasteiger partial charge in [-0.3, -0.25) is 14.7 Å². The minimum absolute atomic E-state index is 0.0207. The Morgan fingerprint density at radius 1 is 1.32 bits per heavy atom. The van der Waals surface area contributed by atoms with E-state index < -0.39 is 0 Å². The van der Waals surface area contributed by atoms with Gasteiger partial charge in [0.05, 0.1) is 25.1 Å². The van der Waals surface area contributed by atoms with Crippen LogP contribution in [0.5, 0.6) is 5.75 Å². The molecule has 1 atom stereocenters. The molecule has 2 aromatic heterocycles. The van der Waals surface area contributed by atoms with Gasteiger partial charge < -0.3 is 9.47 Å². The predicted octanol–water partition coefficient (Wildman–Crippen LogP) is 2.99. The fourth-order valence-corrected chi connectivity index (χ4v) is 3.44. The monoisotopic (exact) mass is 401 g/mol. The van der Waals surface area contributed by atoms with E-state index in [0.29, 0.717) is 18.2 Å². The van der Waals surface area contributed by atoms with Gasteiger partial charge in [-0.05, 0) is 30.3 Å². The molecule has 0 unspecified atom stereocenters. The maximum absolute atomic E-state index is 5.95. The Morgan fingerprint density at radius 3 is 2.96 bits per heavy atom. The van der Waals surface area contributed by atoms with E-state index in [1.165, 1.54) is 5.56 Å². The van der Waals surface area contributed by atoms with Crippen molar-refractivity contribution in [1.82, 2.24) is 24.9 Å². The Balaban J connectivity index is 1.28. The lowest BCUT2D eigenvalue weighted by atomic mass is 10.1. The summed E-state index contributed by atoms with van der Waals surface area (Å²) in [5.74, 6) is 0.811. The van der Waals surface area contributed by atoms with Gasteiger partial charge in [0, 0.05) is 55.6 Å². The van der Waals surface area contributed by atoms with Gasteiger partial charge in [0.25, 0.3) is 0 Å². The van der Waals surface area contributed by atoms with Crippen LogP contribution < -0.4 is 4.74 Å². The van der Waals surface area contributed by atoms with Crippen molar-refractivity contribution in [3.05, 3.63) is 64.7 Å². The fourth-order valence-electron chi connectivity index (χ4n) is 3.32. The van der Waals surface area contributed by atoms with Crippen molar-refractivity contribution in [1.29, 1.82) is 0 Å². The zero-order valence-corrected chi connectivity index (χ0v) is 16.6. The van der Waals surface area contributed by atoms with Gasteiger partial charge in [-0.1, -0.05) is 11.6 Å². The number of benzene rings is 1. The van der Waals surface area contributed by atoms with E-state index in [1.54, 1.807) is 0 Å². The smallest absolute Gasteiger partial charge is 0.119 e. The van der Waals surface area contributed by atoms with Gasteiger partial charge in [0.2, 0.25) is 0 Å². The second-order valence-electron chi connectivity index (χ2n) is 6.99. The number of aromatic amines is 1. The summed E-state index contributed by atoms with van der Waals surface area (Å²) in [7, 11) is 1.94. The van der Waals surface area contributed by atoms with Gasteiger partial charge in [0.1, 0.15) is 11.9 Å². The van der Waals surface area contributed by atoms with Crippen LogP contribution in [0.25, 0.3) is 0 Å². The summed E-state index contributed by atoms with van der Waals surface area (Å²) >= 11 is 5.89. The SMILES string of the molecule is Cn1cc(CN2CCO[C@H](c3cc(CCOc4ccc(Cl)cc4)[nH]n3)C2)cn1. The third-order valence-corrected chi connectivity index (χ3v) is 5.00. The standard InChI is InChI=1S/C20H24ClN5O2/c1-25-12-15(11-22-25)13-26-7-9-28-20(14-26)19-10-17(23-24-19)6-8-27-18-4-2-16(21)3-5-18/h2-5,10-12,20H,6-9,13-14H2,1H3,(H,23,24)/t20-/m0/s1. The van der Waals surface area contributed by atoms with Crippen molar-refractivity contribution in [3.63, 3.8) is 0 Å². The Kier molecular flexibility index (Phi) is 5.95. The highest BCUT2D eigenvalue weighted by molar-refractivity contribution is 6.30. The molecule has 0 radical (unpaired) electrons. The number of ether oxygens (including phenoxy) is 2. The summed E-state index contributed by atoms with van der Waals surface area (Å²) < 4.78 is 13.5. The zero-order chi connectivity index (χ0) is 19.3. The molecule has 148 valence electrons. The van der Waals surface area contributed by atoms with E-state index in [0.717, 1.165) is 43.2 Å². The van der Waals surface area contributed by atoms with Crippen molar-refractivity contribution < 1.29 is 9.47 Å². The molecule has 28 heavy (non-hydrogen) atoms. The molecular formula is C20H24ClN5O2. The number of aryl methyl sites for hydroxylation is 1. The summed E-state index contributed by atoms with van der Waals surface area (Å²) in [6, 6.07) is 9.45. The minimum atomic E-state index is -0.0207. The van der Waals surface area contributed by atoms with Crippen LogP contribution >= 0.6 is 11.6 Å². The molecule has 0 amide bonds. The molecule has 1 N–H and O–H groups in total. The molecule has 8 heteroatoms. The first-order chi connectivity index (χ1) is 13.7. The molecule has 0 saturated carbocycles. The number of rotatable bonds is 7. The van der Waals surface area contributed by atoms with Crippen molar-refractivity contribution in [2.45, 2.75) is 19.1 Å². The van der Waals surface area contributed by atoms with E-state index in [9.17, 15) is 0 Å². The molecular weight excluding hydrogens is 378 g/mol. The second kappa shape index (κ2) is 8.77. The normalized spacial score (nSPS) is 17.7. The topological polar surface area (TPSA) is 68.2 Å². The molecule has 0 spiro atoms. The molecule has 7 nitrogen and oxygen atoms in total. The molecule has 3 heterocycles. The Labute approximate surface area is 169 Å². The average molecular weight is 402 g/mol. The maximum atomic E-state index is 5.95. The van der Waals surface area contributed by atoms with Gasteiger partial charge in [-0.25, -0.2) is 0 Å². The lowest BCUT2D eigenvalue weighted by molar-refractivity contribution is -0.0350. The highest BCUT2D eigenvalue weighted by Gasteiger charge is 2.24. The number of H-pyrrole nitrogens is 1. The van der Waals surface area contributed by atoms with Crippen molar-refractivity contribution in [2.24, 2.45) is 7.05 Å². The second-order valence-corrected chi connectivity index (χ2v) is 7.42. The molecule has 1 saturated heterocycles. The zero-order valence-electron chi connectivity index (χ0n) is 15.8. The molecule has 1 aliphatic rings. The molecule has 1 aromatic carbocycles. The summed E-state index contributed by atoms with van der Waals surface area (Å²) in [5, 5.41) is 12.5. The van der Waals surface area contributed by atoms with Crippen LogP contribution in [0, 0.1) is 0 Å². The van der Waals surface area contributed by atoms with Crippen LogP contribution in [0.1, 0.15) is 23.1 Å². The van der Waals surface area contributed by atoms with Gasteiger partial charge >= 0.3 is 0 Å². The Hall–Kier alpha value is -2.35. The van der Waals surface area contributed by atoms with E-state index in [1.807, 2.05) is 42.2 Å². The van der Waals surface area contributed by atoms with E-state index >= 15 is 0 Å². The number of hydrogen-bond donors (Lipinski definition) is 1. The highest BCUT2D eigenvalue weighted by Crippen LogP contribution is 2.22. The summed E-state index contributed by atoms with van der Waals surface area (Å²) in [6.45, 7) is 3.88. The number of halogens is 1. The van der Waals surface area contributed by atoms with Crippen molar-refractivity contribution in [2.75, 3.05) is 26.3 Å². The molecule has 3 aromatic rings. The van der Waals surface area contributed by atoms with Crippen LogP contribution in [-0.4, -0.2) is 51.2 Å². The van der Waals surface area contributed by atoms with Crippen LogP contribution in [0.15, 0.2) is 42.7 Å². The van der Waals surface area contributed by atoms with Crippen LogP contribution in [-0.2, 0) is 24.8 Å². The minimum Gasteiger partial charge on any atom is -0.493 e. The first kappa shape index (κ1) is 19.0. The first-order valence-electron chi connectivity index (χ1n) is 9.40. The predicted molar refractivity (Wildman–Crippen MR) is 106 cm³/mol. The lowest BCUT2D eigenvalue weighted by Crippen LogP contribution is -2.37. The highest BCUT2D eigenvalue weighted by atomic mass is 35.5. The molecule has 0 aliphatic carbocycles. The third kappa shape index (κ3) is 4.92. The van der Waals surface area contributed by atoms with Crippen molar-refractivity contribution in [3.8, 4) is 5.75 Å². The molecule has 1 fully saturated rings. The number of hydrogen-bond acceptors (Lipinski definition) is 5. The fraction of sp³-hybridized carbons (Fsp3) is 0.400. The van der Waals surface area contributed by atoms with Gasteiger partial charge in [-0.2, -0.15) is 10.2 Å². The first-order valence-corrected chi connectivity index (χ1v) is 9.77. The largest absolute Gasteiger partial charge is 0.493 e. The molecule has 1 aliphatic heterocycles. The van der Waals surface area contributed by atoms with Gasteiger partial charge in [0.15, 0.2) is 0 Å². The average Bonchev–Trinajstić information content (AvgIpc) is 3.33. The molecule has 4 rings (SSSR count). The number of nitrogens with zero attached hydrogens (tertiary/aromatic N) is 4. The Morgan fingerprint density at radius 2 is 2.18 bits per heavy atom.